The molecule has 28 heavy (non-hydrogen) atoms. The molecule has 1 aromatic carbocycles. The first-order valence-electron chi connectivity index (χ1n) is 9.03. The fourth-order valence-corrected chi connectivity index (χ4v) is 2.38. The van der Waals surface area contributed by atoms with Gasteiger partial charge >= 0.3 is 0 Å². The van der Waals surface area contributed by atoms with E-state index in [1.165, 1.54) is 12.1 Å². The predicted octanol–water partition coefficient (Wildman–Crippen LogP) is 3.66. The lowest BCUT2D eigenvalue weighted by atomic mass is 10.3. The topological polar surface area (TPSA) is 71.4 Å². The van der Waals surface area contributed by atoms with Gasteiger partial charge in [-0.15, -0.1) is 0 Å². The minimum absolute atomic E-state index is 0.304. The number of pyridine rings is 2. The summed E-state index contributed by atoms with van der Waals surface area (Å²) in [5.74, 6) is 1.38. The molecular weight excluding hydrogens is 357 g/mol. The van der Waals surface area contributed by atoms with Crippen LogP contribution in [0.5, 0.6) is 11.6 Å². The van der Waals surface area contributed by atoms with Crippen molar-refractivity contribution < 1.29 is 9.13 Å². The molecule has 2 N–H and O–H groups in total. The predicted molar refractivity (Wildman–Crippen MR) is 107 cm³/mol. The van der Waals surface area contributed by atoms with Crippen LogP contribution >= 0.6 is 0 Å². The van der Waals surface area contributed by atoms with Gasteiger partial charge in [-0.2, -0.15) is 0 Å². The van der Waals surface area contributed by atoms with Crippen molar-refractivity contribution >= 4 is 5.96 Å². The molecule has 0 aliphatic rings. The summed E-state index contributed by atoms with van der Waals surface area (Å²) in [7, 11) is 0. The highest BCUT2D eigenvalue weighted by molar-refractivity contribution is 5.79. The standard InChI is InChI=1S/C21H22FN5O/c1-2-23-21(27-15-18-5-3-4-12-24-18)26-14-16-6-11-20(25-13-16)28-19-9-7-17(22)8-10-19/h3-13H,2,14-15H2,1H3,(H2,23,26,27). The highest BCUT2D eigenvalue weighted by Crippen LogP contribution is 2.19. The molecule has 2 aromatic heterocycles. The molecule has 0 fully saturated rings. The van der Waals surface area contributed by atoms with Crippen LogP contribution in [-0.4, -0.2) is 22.5 Å². The molecule has 0 unspecified atom stereocenters. The van der Waals surface area contributed by atoms with E-state index in [1.54, 1.807) is 30.6 Å². The van der Waals surface area contributed by atoms with Crippen LogP contribution in [0.15, 0.2) is 72.0 Å². The smallest absolute Gasteiger partial charge is 0.219 e. The number of hydrogen-bond acceptors (Lipinski definition) is 4. The quantitative estimate of drug-likeness (QED) is 0.484. The Kier molecular flexibility index (Phi) is 6.89. The summed E-state index contributed by atoms with van der Waals surface area (Å²) >= 11 is 0. The van der Waals surface area contributed by atoms with Crippen molar-refractivity contribution in [3.8, 4) is 11.6 Å². The van der Waals surface area contributed by atoms with E-state index in [1.807, 2.05) is 31.2 Å². The van der Waals surface area contributed by atoms with Crippen LogP contribution in [0.2, 0.25) is 0 Å². The third-order valence-electron chi connectivity index (χ3n) is 3.76. The summed E-state index contributed by atoms with van der Waals surface area (Å²) in [6.45, 7) is 3.84. The summed E-state index contributed by atoms with van der Waals surface area (Å²) in [4.78, 5) is 13.1. The van der Waals surface area contributed by atoms with Gasteiger partial charge in [-0.3, -0.25) is 4.98 Å². The van der Waals surface area contributed by atoms with Crippen molar-refractivity contribution in [3.05, 3.63) is 84.1 Å². The number of aliphatic imine (C=N–C) groups is 1. The maximum absolute atomic E-state index is 12.9. The Balaban J connectivity index is 1.56. The van der Waals surface area contributed by atoms with Gasteiger partial charge in [0.2, 0.25) is 5.88 Å². The second-order valence-corrected chi connectivity index (χ2v) is 5.93. The molecule has 0 radical (unpaired) electrons. The van der Waals surface area contributed by atoms with E-state index in [4.69, 9.17) is 4.74 Å². The van der Waals surface area contributed by atoms with Gasteiger partial charge in [-0.25, -0.2) is 14.4 Å². The summed E-state index contributed by atoms with van der Waals surface area (Å²) in [6.07, 6.45) is 3.48. The zero-order chi connectivity index (χ0) is 19.6. The van der Waals surface area contributed by atoms with E-state index in [0.717, 1.165) is 17.8 Å². The lowest BCUT2D eigenvalue weighted by Gasteiger charge is -2.11. The summed E-state index contributed by atoms with van der Waals surface area (Å²) in [5, 5.41) is 6.46. The minimum atomic E-state index is -0.304. The number of aromatic nitrogens is 2. The maximum Gasteiger partial charge on any atom is 0.219 e. The number of hydrogen-bond donors (Lipinski definition) is 2. The molecule has 0 spiro atoms. The second kappa shape index (κ2) is 10.0. The zero-order valence-corrected chi connectivity index (χ0v) is 15.6. The normalized spacial score (nSPS) is 11.1. The van der Waals surface area contributed by atoms with Gasteiger partial charge in [0, 0.05) is 25.0 Å². The third-order valence-corrected chi connectivity index (χ3v) is 3.76. The molecular formula is C21H22FN5O. The first-order valence-corrected chi connectivity index (χ1v) is 9.03. The third kappa shape index (κ3) is 6.05. The number of guanidine groups is 1. The summed E-state index contributed by atoms with van der Waals surface area (Å²) < 4.78 is 18.5. The Morgan fingerprint density at radius 2 is 1.89 bits per heavy atom. The highest BCUT2D eigenvalue weighted by Gasteiger charge is 2.02. The Hall–Kier alpha value is -3.48. The van der Waals surface area contributed by atoms with Crippen molar-refractivity contribution in [3.63, 3.8) is 0 Å². The van der Waals surface area contributed by atoms with Gasteiger partial charge in [-0.05, 0) is 48.9 Å². The lowest BCUT2D eigenvalue weighted by Crippen LogP contribution is -2.37. The first-order chi connectivity index (χ1) is 13.7. The average molecular weight is 379 g/mol. The van der Waals surface area contributed by atoms with Crippen LogP contribution in [0.3, 0.4) is 0 Å². The van der Waals surface area contributed by atoms with E-state index in [9.17, 15) is 4.39 Å². The Morgan fingerprint density at radius 3 is 2.57 bits per heavy atom. The van der Waals surface area contributed by atoms with E-state index in [-0.39, 0.29) is 5.82 Å². The fraction of sp³-hybridized carbons (Fsp3) is 0.190. The van der Waals surface area contributed by atoms with Gasteiger partial charge in [0.15, 0.2) is 5.96 Å². The van der Waals surface area contributed by atoms with Gasteiger partial charge in [-0.1, -0.05) is 12.1 Å². The van der Waals surface area contributed by atoms with Crippen LogP contribution in [0.4, 0.5) is 4.39 Å². The monoisotopic (exact) mass is 379 g/mol. The number of nitrogens with zero attached hydrogens (tertiary/aromatic N) is 3. The SMILES string of the molecule is CCNC(=NCc1ccc(Oc2ccc(F)cc2)nc1)NCc1ccccn1. The molecule has 0 aliphatic heterocycles. The molecule has 0 bridgehead atoms. The first kappa shape index (κ1) is 19.3. The summed E-state index contributed by atoms with van der Waals surface area (Å²) in [6, 6.07) is 15.3. The minimum Gasteiger partial charge on any atom is -0.439 e. The molecule has 6 nitrogen and oxygen atoms in total. The second-order valence-electron chi connectivity index (χ2n) is 5.93. The van der Waals surface area contributed by atoms with Crippen LogP contribution in [-0.2, 0) is 13.1 Å². The van der Waals surface area contributed by atoms with Crippen LogP contribution < -0.4 is 15.4 Å². The Labute approximate surface area is 163 Å². The fourth-order valence-electron chi connectivity index (χ4n) is 2.38. The van der Waals surface area contributed by atoms with Gasteiger partial charge in [0.05, 0.1) is 18.8 Å². The Morgan fingerprint density at radius 1 is 1.04 bits per heavy atom. The average Bonchev–Trinajstić information content (AvgIpc) is 2.73. The molecule has 0 aliphatic carbocycles. The number of nitrogens with one attached hydrogen (secondary N) is 2. The molecule has 0 amide bonds. The van der Waals surface area contributed by atoms with Gasteiger partial charge < -0.3 is 15.4 Å². The summed E-state index contributed by atoms with van der Waals surface area (Å²) in [5.41, 5.74) is 1.89. The molecule has 0 saturated heterocycles. The van der Waals surface area contributed by atoms with E-state index < -0.39 is 0 Å². The number of halogens is 1. The van der Waals surface area contributed by atoms with Gasteiger partial charge in [0.1, 0.15) is 11.6 Å². The largest absolute Gasteiger partial charge is 0.439 e. The van der Waals surface area contributed by atoms with Crippen molar-refractivity contribution in [1.29, 1.82) is 0 Å². The van der Waals surface area contributed by atoms with Crippen molar-refractivity contribution in [2.75, 3.05) is 6.54 Å². The molecule has 2 heterocycles. The highest BCUT2D eigenvalue weighted by atomic mass is 19.1. The molecule has 3 aromatic rings. The molecule has 144 valence electrons. The lowest BCUT2D eigenvalue weighted by molar-refractivity contribution is 0.461. The van der Waals surface area contributed by atoms with E-state index in [2.05, 4.69) is 25.6 Å². The van der Waals surface area contributed by atoms with E-state index >= 15 is 0 Å². The van der Waals surface area contributed by atoms with Crippen molar-refractivity contribution in [1.82, 2.24) is 20.6 Å². The van der Waals surface area contributed by atoms with E-state index in [0.29, 0.717) is 30.7 Å². The Bertz CT molecular complexity index is 883. The number of ether oxygens (including phenoxy) is 1. The van der Waals surface area contributed by atoms with Crippen LogP contribution in [0.25, 0.3) is 0 Å². The van der Waals surface area contributed by atoms with Gasteiger partial charge in [0.25, 0.3) is 0 Å². The number of rotatable bonds is 7. The van der Waals surface area contributed by atoms with Crippen LogP contribution in [0.1, 0.15) is 18.2 Å². The van der Waals surface area contributed by atoms with Crippen molar-refractivity contribution in [2.24, 2.45) is 4.99 Å². The number of benzene rings is 1. The van der Waals surface area contributed by atoms with Crippen molar-refractivity contribution in [2.45, 2.75) is 20.0 Å². The maximum atomic E-state index is 12.9. The molecule has 3 rings (SSSR count). The van der Waals surface area contributed by atoms with Crippen LogP contribution in [0, 0.1) is 5.82 Å². The molecule has 7 heteroatoms. The zero-order valence-electron chi connectivity index (χ0n) is 15.6. The molecule has 0 saturated carbocycles. The molecule has 0 atom stereocenters.